The van der Waals surface area contributed by atoms with Crippen molar-refractivity contribution in [1.82, 2.24) is 10.2 Å². The van der Waals surface area contributed by atoms with Crippen LogP contribution in [0, 0.1) is 0 Å². The van der Waals surface area contributed by atoms with E-state index in [1.807, 2.05) is 18.0 Å². The molecule has 3 rings (SSSR count). The number of anilines is 1. The highest BCUT2D eigenvalue weighted by atomic mass is 35.5. The fourth-order valence-corrected chi connectivity index (χ4v) is 4.62. The molecule has 2 heterocycles. The zero-order chi connectivity index (χ0) is 17.3. The Morgan fingerprint density at radius 3 is 2.68 bits per heavy atom. The van der Waals surface area contributed by atoms with Crippen LogP contribution in [0.15, 0.2) is 18.2 Å². The van der Waals surface area contributed by atoms with Crippen LogP contribution < -0.4 is 9.62 Å². The molecule has 140 valence electrons. The number of likely N-dealkylation sites (tertiary alicyclic amines) is 1. The number of aryl methyl sites for hydroxylation is 1. The Morgan fingerprint density at radius 1 is 1.24 bits per heavy atom. The third kappa shape index (κ3) is 4.27. The van der Waals surface area contributed by atoms with Crippen molar-refractivity contribution in [3.63, 3.8) is 0 Å². The molecular weight excluding hydrogens is 362 g/mol. The van der Waals surface area contributed by atoms with Crippen LogP contribution in [0.1, 0.15) is 35.2 Å². The highest BCUT2D eigenvalue weighted by molar-refractivity contribution is 7.92. The Balaban J connectivity index is 0.00000225. The van der Waals surface area contributed by atoms with Crippen LogP contribution in [0.5, 0.6) is 0 Å². The number of halogens is 1. The van der Waals surface area contributed by atoms with Gasteiger partial charge in [0, 0.05) is 31.2 Å². The highest BCUT2D eigenvalue weighted by Crippen LogP contribution is 2.30. The van der Waals surface area contributed by atoms with Crippen LogP contribution in [-0.2, 0) is 16.4 Å². The Bertz CT molecular complexity index is 739. The first kappa shape index (κ1) is 20.0. The standard InChI is InChI=1S/C17H25N3O3S.ClH/c1-18-15-6-4-9-19(12-15)17(21)14-7-8-16-13(11-14)5-3-10-20(16)24(2,22)23;/h7-8,11,15,18H,3-6,9-10,12H2,1-2H3;1H. The molecule has 0 saturated carbocycles. The predicted octanol–water partition coefficient (Wildman–Crippen LogP) is 1.64. The van der Waals surface area contributed by atoms with Gasteiger partial charge in [-0.05, 0) is 56.5 Å². The minimum absolute atomic E-state index is 0. The molecular formula is C17H26ClN3O3S. The second-order valence-corrected chi connectivity index (χ2v) is 8.57. The number of carbonyl (C=O) groups excluding carboxylic acids is 1. The third-order valence-corrected chi connectivity index (χ3v) is 6.10. The molecule has 2 aliphatic heterocycles. The molecule has 2 aliphatic rings. The number of benzene rings is 1. The topological polar surface area (TPSA) is 69.7 Å². The molecule has 6 nitrogen and oxygen atoms in total. The van der Waals surface area contributed by atoms with Gasteiger partial charge in [-0.15, -0.1) is 12.4 Å². The fraction of sp³-hybridized carbons (Fsp3) is 0.588. The summed E-state index contributed by atoms with van der Waals surface area (Å²) in [5.41, 5.74) is 2.31. The summed E-state index contributed by atoms with van der Waals surface area (Å²) in [6, 6.07) is 5.76. The van der Waals surface area contributed by atoms with Crippen LogP contribution in [0.2, 0.25) is 0 Å². The first-order chi connectivity index (χ1) is 11.4. The molecule has 1 unspecified atom stereocenters. The molecule has 1 aromatic rings. The maximum Gasteiger partial charge on any atom is 0.253 e. The van der Waals surface area contributed by atoms with Gasteiger partial charge in [0.15, 0.2) is 0 Å². The summed E-state index contributed by atoms with van der Waals surface area (Å²) in [7, 11) is -1.35. The Hall–Kier alpha value is -1.31. The lowest BCUT2D eigenvalue weighted by molar-refractivity contribution is 0.0698. The van der Waals surface area contributed by atoms with Gasteiger partial charge in [-0.2, -0.15) is 0 Å². The number of carbonyl (C=O) groups is 1. The molecule has 0 radical (unpaired) electrons. The summed E-state index contributed by atoms with van der Waals surface area (Å²) >= 11 is 0. The molecule has 1 N–H and O–H groups in total. The van der Waals surface area contributed by atoms with Gasteiger partial charge in [0.1, 0.15) is 0 Å². The van der Waals surface area contributed by atoms with Crippen LogP contribution in [0.3, 0.4) is 0 Å². The largest absolute Gasteiger partial charge is 0.337 e. The molecule has 0 aromatic heterocycles. The number of hydrogen-bond donors (Lipinski definition) is 1. The molecule has 1 fully saturated rings. The number of rotatable bonds is 3. The van der Waals surface area contributed by atoms with Crippen LogP contribution >= 0.6 is 12.4 Å². The van der Waals surface area contributed by atoms with Gasteiger partial charge in [0.2, 0.25) is 10.0 Å². The van der Waals surface area contributed by atoms with Crippen molar-refractivity contribution in [3.8, 4) is 0 Å². The maximum atomic E-state index is 12.8. The lowest BCUT2D eigenvalue weighted by Gasteiger charge is -2.33. The van der Waals surface area contributed by atoms with E-state index in [4.69, 9.17) is 0 Å². The summed E-state index contributed by atoms with van der Waals surface area (Å²) in [4.78, 5) is 14.7. The van der Waals surface area contributed by atoms with Crippen molar-refractivity contribution >= 4 is 34.0 Å². The first-order valence-corrected chi connectivity index (χ1v) is 10.3. The van der Waals surface area contributed by atoms with E-state index in [2.05, 4.69) is 5.32 Å². The lowest BCUT2D eigenvalue weighted by atomic mass is 9.99. The zero-order valence-electron chi connectivity index (χ0n) is 14.7. The van der Waals surface area contributed by atoms with Gasteiger partial charge in [0.05, 0.1) is 11.9 Å². The molecule has 0 bridgehead atoms. The van der Waals surface area contributed by atoms with E-state index in [-0.39, 0.29) is 18.3 Å². The molecule has 1 atom stereocenters. The van der Waals surface area contributed by atoms with E-state index in [9.17, 15) is 13.2 Å². The molecule has 25 heavy (non-hydrogen) atoms. The molecule has 8 heteroatoms. The van der Waals surface area contributed by atoms with E-state index in [0.29, 0.717) is 23.8 Å². The second-order valence-electron chi connectivity index (χ2n) is 6.66. The van der Waals surface area contributed by atoms with E-state index in [1.165, 1.54) is 10.6 Å². The average Bonchev–Trinajstić information content (AvgIpc) is 2.59. The van der Waals surface area contributed by atoms with Crippen molar-refractivity contribution in [2.75, 3.05) is 37.2 Å². The van der Waals surface area contributed by atoms with E-state index < -0.39 is 10.0 Å². The second kappa shape index (κ2) is 7.93. The van der Waals surface area contributed by atoms with Crippen molar-refractivity contribution in [2.45, 2.75) is 31.7 Å². The van der Waals surface area contributed by atoms with Gasteiger partial charge >= 0.3 is 0 Å². The Morgan fingerprint density at radius 2 is 2.00 bits per heavy atom. The van der Waals surface area contributed by atoms with Gasteiger partial charge < -0.3 is 10.2 Å². The fourth-order valence-electron chi connectivity index (χ4n) is 3.62. The number of nitrogens with one attached hydrogen (secondary N) is 1. The number of hydrogen-bond acceptors (Lipinski definition) is 4. The normalized spacial score (nSPS) is 20.6. The molecule has 0 aliphatic carbocycles. The Kier molecular flexibility index (Phi) is 6.35. The number of amides is 1. The Labute approximate surface area is 156 Å². The quantitative estimate of drug-likeness (QED) is 0.856. The molecule has 0 spiro atoms. The van der Waals surface area contributed by atoms with Crippen LogP contribution in [-0.4, -0.2) is 58.2 Å². The summed E-state index contributed by atoms with van der Waals surface area (Å²) in [6.07, 6.45) is 4.91. The van der Waals surface area contributed by atoms with Crippen molar-refractivity contribution in [1.29, 1.82) is 0 Å². The number of likely N-dealkylation sites (N-methyl/N-ethyl adjacent to an activating group) is 1. The van der Waals surface area contributed by atoms with Gasteiger partial charge in [0.25, 0.3) is 5.91 Å². The van der Waals surface area contributed by atoms with Crippen LogP contribution in [0.4, 0.5) is 5.69 Å². The van der Waals surface area contributed by atoms with Gasteiger partial charge in [-0.25, -0.2) is 8.42 Å². The third-order valence-electron chi connectivity index (χ3n) is 4.92. The summed E-state index contributed by atoms with van der Waals surface area (Å²) < 4.78 is 25.3. The maximum absolute atomic E-state index is 12.8. The minimum atomic E-state index is -3.27. The predicted molar refractivity (Wildman–Crippen MR) is 102 cm³/mol. The lowest BCUT2D eigenvalue weighted by Crippen LogP contribution is -2.47. The zero-order valence-corrected chi connectivity index (χ0v) is 16.3. The van der Waals surface area contributed by atoms with Crippen molar-refractivity contribution in [3.05, 3.63) is 29.3 Å². The van der Waals surface area contributed by atoms with Gasteiger partial charge in [-0.1, -0.05) is 0 Å². The number of piperidine rings is 1. The molecule has 1 amide bonds. The summed E-state index contributed by atoms with van der Waals surface area (Å²) in [6.45, 7) is 2.01. The number of nitrogens with zero attached hydrogens (tertiary/aromatic N) is 2. The summed E-state index contributed by atoms with van der Waals surface area (Å²) in [5.74, 6) is 0.0363. The minimum Gasteiger partial charge on any atom is -0.337 e. The highest BCUT2D eigenvalue weighted by Gasteiger charge is 2.27. The van der Waals surface area contributed by atoms with Gasteiger partial charge in [-0.3, -0.25) is 9.10 Å². The number of fused-ring (bicyclic) bond motifs is 1. The molecule has 1 aromatic carbocycles. The SMILES string of the molecule is CNC1CCCN(C(=O)c2ccc3c(c2)CCCN3S(C)(=O)=O)C1.Cl. The monoisotopic (exact) mass is 387 g/mol. The number of sulfonamides is 1. The smallest absolute Gasteiger partial charge is 0.253 e. The summed E-state index contributed by atoms with van der Waals surface area (Å²) in [5, 5.41) is 3.25. The van der Waals surface area contributed by atoms with Crippen molar-refractivity contribution in [2.24, 2.45) is 0 Å². The van der Waals surface area contributed by atoms with E-state index in [0.717, 1.165) is 44.3 Å². The first-order valence-electron chi connectivity index (χ1n) is 8.47. The molecule has 1 saturated heterocycles. The average molecular weight is 388 g/mol. The van der Waals surface area contributed by atoms with E-state index in [1.54, 1.807) is 12.1 Å². The van der Waals surface area contributed by atoms with Crippen molar-refractivity contribution < 1.29 is 13.2 Å². The van der Waals surface area contributed by atoms with Crippen LogP contribution in [0.25, 0.3) is 0 Å². The van der Waals surface area contributed by atoms with E-state index >= 15 is 0 Å².